The van der Waals surface area contributed by atoms with Crippen molar-refractivity contribution in [2.75, 3.05) is 12.8 Å². The Morgan fingerprint density at radius 2 is 2.15 bits per heavy atom. The molecule has 0 bridgehead atoms. The molecular formula is C13H14BrN3O3. The fourth-order valence-electron chi connectivity index (χ4n) is 1.98. The number of halogens is 1. The number of nitrogen functional groups attached to an aromatic ring is 1. The summed E-state index contributed by atoms with van der Waals surface area (Å²) in [4.78, 5) is 36.4. The molecule has 1 aliphatic heterocycles. The molecule has 3 N–H and O–H groups in total. The fourth-order valence-corrected chi connectivity index (χ4v) is 2.22. The van der Waals surface area contributed by atoms with Crippen molar-refractivity contribution in [1.29, 1.82) is 0 Å². The van der Waals surface area contributed by atoms with Crippen molar-refractivity contribution in [3.63, 3.8) is 0 Å². The van der Waals surface area contributed by atoms with Gasteiger partial charge in [-0.1, -0.05) is 0 Å². The van der Waals surface area contributed by atoms with E-state index in [1.807, 2.05) is 0 Å². The molecule has 1 unspecified atom stereocenters. The van der Waals surface area contributed by atoms with Gasteiger partial charge in [-0.15, -0.1) is 0 Å². The number of nitrogens with zero attached hydrogens (tertiary/aromatic N) is 1. The molecule has 2 rings (SSSR count). The van der Waals surface area contributed by atoms with Gasteiger partial charge >= 0.3 is 0 Å². The predicted molar refractivity (Wildman–Crippen MR) is 76.8 cm³/mol. The molecular weight excluding hydrogens is 326 g/mol. The monoisotopic (exact) mass is 339 g/mol. The molecule has 20 heavy (non-hydrogen) atoms. The summed E-state index contributed by atoms with van der Waals surface area (Å²) < 4.78 is 0.702. The number of rotatable bonds is 2. The summed E-state index contributed by atoms with van der Waals surface area (Å²) in [7, 11) is 1.42. The summed E-state index contributed by atoms with van der Waals surface area (Å²) in [5, 5.41) is 2.63. The van der Waals surface area contributed by atoms with E-state index in [-0.39, 0.29) is 24.1 Å². The summed E-state index contributed by atoms with van der Waals surface area (Å²) in [5.41, 5.74) is 6.53. The van der Waals surface area contributed by atoms with Crippen LogP contribution in [0.5, 0.6) is 0 Å². The Balaban J connectivity index is 2.09. The average Bonchev–Trinajstić information content (AvgIpc) is 2.42. The lowest BCUT2D eigenvalue weighted by Crippen LogP contribution is -2.52. The molecule has 1 aromatic rings. The van der Waals surface area contributed by atoms with Crippen molar-refractivity contribution >= 4 is 39.3 Å². The number of imide groups is 1. The molecule has 0 saturated carbocycles. The predicted octanol–water partition coefficient (Wildman–Crippen LogP) is 0.908. The highest BCUT2D eigenvalue weighted by molar-refractivity contribution is 9.10. The van der Waals surface area contributed by atoms with Gasteiger partial charge in [0.2, 0.25) is 5.91 Å². The van der Waals surface area contributed by atoms with Crippen molar-refractivity contribution in [3.05, 3.63) is 28.2 Å². The highest BCUT2D eigenvalue weighted by Gasteiger charge is 2.32. The van der Waals surface area contributed by atoms with Crippen LogP contribution in [0.15, 0.2) is 22.7 Å². The van der Waals surface area contributed by atoms with E-state index in [0.29, 0.717) is 22.1 Å². The zero-order valence-electron chi connectivity index (χ0n) is 10.9. The lowest BCUT2D eigenvalue weighted by Gasteiger charge is -2.28. The van der Waals surface area contributed by atoms with Crippen LogP contribution in [-0.4, -0.2) is 35.7 Å². The molecule has 3 amide bonds. The molecule has 1 fully saturated rings. The quantitative estimate of drug-likeness (QED) is 0.618. The average molecular weight is 340 g/mol. The number of hydrogen-bond donors (Lipinski definition) is 2. The lowest BCUT2D eigenvalue weighted by molar-refractivity contribution is -0.147. The van der Waals surface area contributed by atoms with Crippen LogP contribution in [0.3, 0.4) is 0 Å². The van der Waals surface area contributed by atoms with Gasteiger partial charge in [0, 0.05) is 29.2 Å². The van der Waals surface area contributed by atoms with E-state index in [4.69, 9.17) is 5.73 Å². The molecule has 1 saturated heterocycles. The van der Waals surface area contributed by atoms with Crippen LogP contribution < -0.4 is 11.1 Å². The smallest absolute Gasteiger partial charge is 0.252 e. The van der Waals surface area contributed by atoms with Gasteiger partial charge in [-0.3, -0.25) is 19.3 Å². The molecule has 0 radical (unpaired) electrons. The van der Waals surface area contributed by atoms with Crippen LogP contribution in [0.25, 0.3) is 0 Å². The van der Waals surface area contributed by atoms with Crippen LogP contribution in [-0.2, 0) is 9.59 Å². The first-order valence-corrected chi connectivity index (χ1v) is 6.85. The molecule has 1 atom stereocenters. The maximum absolute atomic E-state index is 12.1. The molecule has 1 aliphatic rings. The second-order valence-corrected chi connectivity index (χ2v) is 5.45. The third-order valence-corrected chi connectivity index (χ3v) is 3.94. The Morgan fingerprint density at radius 1 is 1.45 bits per heavy atom. The van der Waals surface area contributed by atoms with Gasteiger partial charge in [-0.2, -0.15) is 0 Å². The maximum atomic E-state index is 12.1. The van der Waals surface area contributed by atoms with Gasteiger partial charge in [0.05, 0.1) is 0 Å². The lowest BCUT2D eigenvalue weighted by atomic mass is 10.0. The number of piperidine rings is 1. The van der Waals surface area contributed by atoms with Crippen molar-refractivity contribution in [3.8, 4) is 0 Å². The molecule has 1 aromatic carbocycles. The van der Waals surface area contributed by atoms with E-state index in [9.17, 15) is 14.4 Å². The molecule has 106 valence electrons. The van der Waals surface area contributed by atoms with E-state index in [0.717, 1.165) is 4.90 Å². The molecule has 6 nitrogen and oxygen atoms in total. The van der Waals surface area contributed by atoms with E-state index in [1.54, 1.807) is 12.1 Å². The number of hydrogen-bond acceptors (Lipinski definition) is 4. The zero-order valence-corrected chi connectivity index (χ0v) is 12.4. The summed E-state index contributed by atoms with van der Waals surface area (Å²) in [5.74, 6) is -1.00. The summed E-state index contributed by atoms with van der Waals surface area (Å²) >= 11 is 3.25. The van der Waals surface area contributed by atoms with Gasteiger partial charge in [0.1, 0.15) is 6.04 Å². The largest absolute Gasteiger partial charge is 0.398 e. The van der Waals surface area contributed by atoms with Crippen LogP contribution >= 0.6 is 15.9 Å². The molecule has 0 spiro atoms. The Morgan fingerprint density at radius 3 is 2.80 bits per heavy atom. The first-order valence-electron chi connectivity index (χ1n) is 6.06. The van der Waals surface area contributed by atoms with E-state index in [1.165, 1.54) is 13.1 Å². The normalized spacial score (nSPS) is 19.1. The number of carbonyl (C=O) groups excluding carboxylic acids is 3. The standard InChI is InChI=1S/C13H14BrN3O3/c1-17-11(18)5-4-10(13(17)20)16-12(19)7-2-3-8(14)9(15)6-7/h2-3,6,10H,4-5,15H2,1H3,(H,16,19). The fraction of sp³-hybridized carbons (Fsp3) is 0.308. The van der Waals surface area contributed by atoms with E-state index >= 15 is 0 Å². The van der Waals surface area contributed by atoms with E-state index < -0.39 is 6.04 Å². The highest BCUT2D eigenvalue weighted by Crippen LogP contribution is 2.20. The van der Waals surface area contributed by atoms with Gasteiger partial charge in [0.25, 0.3) is 11.8 Å². The summed E-state index contributed by atoms with van der Waals surface area (Å²) in [6.45, 7) is 0. The van der Waals surface area contributed by atoms with E-state index in [2.05, 4.69) is 21.2 Å². The van der Waals surface area contributed by atoms with Crippen molar-refractivity contribution in [2.45, 2.75) is 18.9 Å². The van der Waals surface area contributed by atoms with Crippen LogP contribution in [0.4, 0.5) is 5.69 Å². The SMILES string of the molecule is CN1C(=O)CCC(NC(=O)c2ccc(Br)c(N)c2)C1=O. The number of nitrogens with one attached hydrogen (secondary N) is 1. The van der Waals surface area contributed by atoms with Gasteiger partial charge in [-0.05, 0) is 40.5 Å². The minimum atomic E-state index is -0.671. The number of amides is 3. The minimum Gasteiger partial charge on any atom is -0.398 e. The molecule has 1 heterocycles. The minimum absolute atomic E-state index is 0.228. The number of benzene rings is 1. The summed E-state index contributed by atoms with van der Waals surface area (Å²) in [6.07, 6.45) is 0.565. The number of nitrogens with two attached hydrogens (primary N) is 1. The zero-order chi connectivity index (χ0) is 14.9. The Kier molecular flexibility index (Phi) is 4.08. The third-order valence-electron chi connectivity index (χ3n) is 3.21. The van der Waals surface area contributed by atoms with Gasteiger partial charge in [-0.25, -0.2) is 0 Å². The molecule has 7 heteroatoms. The first kappa shape index (κ1) is 14.5. The Labute approximate surface area is 124 Å². The second-order valence-electron chi connectivity index (χ2n) is 4.59. The maximum Gasteiger partial charge on any atom is 0.252 e. The van der Waals surface area contributed by atoms with Crippen LogP contribution in [0, 0.1) is 0 Å². The first-order chi connectivity index (χ1) is 9.40. The van der Waals surface area contributed by atoms with Gasteiger partial charge in [0.15, 0.2) is 0 Å². The van der Waals surface area contributed by atoms with Crippen LogP contribution in [0.1, 0.15) is 23.2 Å². The van der Waals surface area contributed by atoms with Gasteiger partial charge < -0.3 is 11.1 Å². The number of likely N-dealkylation sites (tertiary alicyclic amines) is 1. The Hall–Kier alpha value is -1.89. The topological polar surface area (TPSA) is 92.5 Å². The van der Waals surface area contributed by atoms with Crippen molar-refractivity contribution in [2.24, 2.45) is 0 Å². The number of likely N-dealkylation sites (N-methyl/N-ethyl adjacent to an activating group) is 1. The van der Waals surface area contributed by atoms with Crippen molar-refractivity contribution < 1.29 is 14.4 Å². The second kappa shape index (κ2) is 5.62. The third kappa shape index (κ3) is 2.82. The molecule has 0 aliphatic carbocycles. The molecule has 0 aromatic heterocycles. The highest BCUT2D eigenvalue weighted by atomic mass is 79.9. The van der Waals surface area contributed by atoms with Crippen molar-refractivity contribution in [1.82, 2.24) is 10.2 Å². The Bertz CT molecular complexity index is 588. The summed E-state index contributed by atoms with van der Waals surface area (Å²) in [6, 6.07) is 4.14. The van der Waals surface area contributed by atoms with Crippen LogP contribution in [0.2, 0.25) is 0 Å². The number of carbonyl (C=O) groups is 3. The number of anilines is 1.